The van der Waals surface area contributed by atoms with Crippen LogP contribution < -0.4 is 0 Å². The van der Waals surface area contributed by atoms with Gasteiger partial charge in [0.2, 0.25) is 5.78 Å². The highest BCUT2D eigenvalue weighted by atomic mass is 31.2. The Labute approximate surface area is 141 Å². The summed E-state index contributed by atoms with van der Waals surface area (Å²) >= 11 is 0. The van der Waals surface area contributed by atoms with Crippen molar-refractivity contribution in [3.8, 4) is 0 Å². The summed E-state index contributed by atoms with van der Waals surface area (Å²) in [5, 5.41) is 0. The minimum absolute atomic E-state index is 0.184. The first-order valence-electron chi connectivity index (χ1n) is 8.56. The average Bonchev–Trinajstić information content (AvgIpc) is 2.92. The van der Waals surface area contributed by atoms with Crippen molar-refractivity contribution in [2.75, 3.05) is 13.1 Å². The lowest BCUT2D eigenvalue weighted by atomic mass is 9.72. The molecule has 4 aliphatic rings. The predicted molar refractivity (Wildman–Crippen MR) is 87.3 cm³/mol. The van der Waals surface area contributed by atoms with Crippen molar-refractivity contribution in [3.05, 3.63) is 35.9 Å². The third kappa shape index (κ3) is 1.98. The molecule has 2 atom stereocenters. The second kappa shape index (κ2) is 5.48. The molecule has 1 aromatic carbocycles. The van der Waals surface area contributed by atoms with Crippen molar-refractivity contribution in [2.24, 2.45) is 0 Å². The lowest BCUT2D eigenvalue weighted by Gasteiger charge is -2.48. The summed E-state index contributed by atoms with van der Waals surface area (Å²) < 4.78 is 29.6. The molecule has 24 heavy (non-hydrogen) atoms. The number of nitrogens with zero attached hydrogens (tertiary/aromatic N) is 1. The quantitative estimate of drug-likeness (QED) is 0.776. The van der Waals surface area contributed by atoms with Gasteiger partial charge in [0.1, 0.15) is 0 Å². The Balaban J connectivity index is 1.88. The summed E-state index contributed by atoms with van der Waals surface area (Å²) in [5.41, 5.74) is 0.0172. The molecule has 3 saturated heterocycles. The van der Waals surface area contributed by atoms with Crippen molar-refractivity contribution in [1.82, 2.24) is 4.90 Å². The molecular weight excluding hydrogens is 329 g/mol. The number of hydrogen-bond acceptors (Lipinski definition) is 6. The predicted octanol–water partition coefficient (Wildman–Crippen LogP) is 3.23. The Hall–Kier alpha value is -1.04. The molecule has 4 fully saturated rings. The fourth-order valence-electron chi connectivity index (χ4n) is 4.35. The van der Waals surface area contributed by atoms with E-state index < -0.39 is 25.3 Å². The number of carbonyl (C=O) groups excluding carboxylic acids is 1. The van der Waals surface area contributed by atoms with Crippen LogP contribution in [0.5, 0.6) is 0 Å². The molecule has 130 valence electrons. The fraction of sp³-hybridized carbons (Fsp3) is 0.588. The summed E-state index contributed by atoms with van der Waals surface area (Å²) in [4.78, 5) is 15.5. The molecule has 0 radical (unpaired) electrons. The van der Waals surface area contributed by atoms with Gasteiger partial charge in [0.15, 0.2) is 0 Å². The molecule has 3 aliphatic heterocycles. The number of rotatable bonds is 4. The topological polar surface area (TPSA) is 65.1 Å². The average molecular weight is 351 g/mol. The molecule has 0 amide bonds. The standard InChI is InChI=1S/C17H22NO5P/c1-3-18(4-2)17-15(19)16(13-9-6-5-7-10-13)12-8-11-14(16)21-24(20,22-17)23-17/h5-7,9-10,14H,3-4,8,11-12H2,1-2H3. The molecule has 1 aromatic rings. The van der Waals surface area contributed by atoms with Crippen molar-refractivity contribution in [3.63, 3.8) is 0 Å². The van der Waals surface area contributed by atoms with Gasteiger partial charge in [-0.3, -0.25) is 9.32 Å². The van der Waals surface area contributed by atoms with E-state index in [1.807, 2.05) is 44.2 Å². The summed E-state index contributed by atoms with van der Waals surface area (Å²) in [7, 11) is -3.67. The molecule has 7 heteroatoms. The molecule has 1 aliphatic carbocycles. The van der Waals surface area contributed by atoms with Crippen molar-refractivity contribution in [1.29, 1.82) is 0 Å². The fourth-order valence-corrected chi connectivity index (χ4v) is 6.05. The van der Waals surface area contributed by atoms with Crippen LogP contribution in [-0.4, -0.2) is 35.8 Å². The molecule has 2 unspecified atom stereocenters. The first-order chi connectivity index (χ1) is 11.5. The van der Waals surface area contributed by atoms with E-state index in [1.165, 1.54) is 0 Å². The molecule has 0 spiro atoms. The largest absolute Gasteiger partial charge is 0.483 e. The van der Waals surface area contributed by atoms with Gasteiger partial charge >= 0.3 is 13.7 Å². The molecule has 3 heterocycles. The summed E-state index contributed by atoms with van der Waals surface area (Å²) in [6.07, 6.45) is 1.69. The van der Waals surface area contributed by atoms with E-state index in [9.17, 15) is 9.36 Å². The van der Waals surface area contributed by atoms with Crippen LogP contribution in [0.2, 0.25) is 0 Å². The Morgan fingerprint density at radius 2 is 1.88 bits per heavy atom. The zero-order valence-electron chi connectivity index (χ0n) is 13.9. The SMILES string of the molecule is CCN(CC)C12OP(=O)(OC3CCCC3(c3ccccc3)C1=O)O2. The van der Waals surface area contributed by atoms with Crippen LogP contribution in [0.25, 0.3) is 0 Å². The van der Waals surface area contributed by atoms with Crippen molar-refractivity contribution >= 4 is 13.6 Å². The van der Waals surface area contributed by atoms with Gasteiger partial charge in [-0.2, -0.15) is 0 Å². The molecular formula is C17H22NO5P. The van der Waals surface area contributed by atoms with E-state index >= 15 is 0 Å². The molecule has 0 N–H and O–H groups in total. The minimum atomic E-state index is -3.67. The van der Waals surface area contributed by atoms with E-state index in [-0.39, 0.29) is 5.78 Å². The molecule has 1 saturated carbocycles. The van der Waals surface area contributed by atoms with Crippen molar-refractivity contribution in [2.45, 2.75) is 50.5 Å². The van der Waals surface area contributed by atoms with E-state index in [1.54, 1.807) is 4.90 Å². The zero-order valence-corrected chi connectivity index (χ0v) is 14.8. The number of phosphoric ester groups is 1. The lowest BCUT2D eigenvalue weighted by molar-refractivity contribution is -0.279. The third-order valence-electron chi connectivity index (χ3n) is 5.48. The highest BCUT2D eigenvalue weighted by Crippen LogP contribution is 2.72. The summed E-state index contributed by atoms with van der Waals surface area (Å²) in [5.74, 6) is -1.77. The Morgan fingerprint density at radius 3 is 2.50 bits per heavy atom. The van der Waals surface area contributed by atoms with Gasteiger partial charge in [0.25, 0.3) is 0 Å². The smallest absolute Gasteiger partial charge is 0.291 e. The number of hydrogen-bond donors (Lipinski definition) is 0. The summed E-state index contributed by atoms with van der Waals surface area (Å²) in [6.45, 7) is 4.96. The van der Waals surface area contributed by atoms with E-state index in [0.717, 1.165) is 12.0 Å². The van der Waals surface area contributed by atoms with Gasteiger partial charge in [-0.15, -0.1) is 0 Å². The van der Waals surface area contributed by atoms with Crippen LogP contribution >= 0.6 is 7.82 Å². The van der Waals surface area contributed by atoms with Gasteiger partial charge in [-0.25, -0.2) is 18.5 Å². The first-order valence-corrected chi connectivity index (χ1v) is 10.0. The number of benzene rings is 1. The van der Waals surface area contributed by atoms with Crippen LogP contribution in [0.15, 0.2) is 30.3 Å². The Morgan fingerprint density at radius 1 is 1.21 bits per heavy atom. The zero-order chi connectivity index (χ0) is 17.0. The van der Waals surface area contributed by atoms with Crippen LogP contribution in [0.3, 0.4) is 0 Å². The number of Topliss-reactive ketones (excluding diaryl/α,β-unsaturated/α-hetero) is 1. The number of ketones is 1. The third-order valence-corrected chi connectivity index (χ3v) is 6.93. The van der Waals surface area contributed by atoms with Crippen LogP contribution in [-0.2, 0) is 28.3 Å². The Kier molecular flexibility index (Phi) is 3.75. The normalized spacial score (nSPS) is 41.0. The highest BCUT2D eigenvalue weighted by Gasteiger charge is 2.75. The van der Waals surface area contributed by atoms with Gasteiger partial charge in [0.05, 0.1) is 11.5 Å². The van der Waals surface area contributed by atoms with E-state index in [2.05, 4.69) is 0 Å². The van der Waals surface area contributed by atoms with Crippen LogP contribution in [0, 0.1) is 0 Å². The first kappa shape index (κ1) is 16.4. The second-order valence-electron chi connectivity index (χ2n) is 6.54. The van der Waals surface area contributed by atoms with E-state index in [0.29, 0.717) is 25.9 Å². The van der Waals surface area contributed by atoms with Crippen molar-refractivity contribution < 1.29 is 22.9 Å². The van der Waals surface area contributed by atoms with Crippen LogP contribution in [0.1, 0.15) is 38.7 Å². The molecule has 6 nitrogen and oxygen atoms in total. The van der Waals surface area contributed by atoms with Gasteiger partial charge < -0.3 is 0 Å². The monoisotopic (exact) mass is 351 g/mol. The second-order valence-corrected chi connectivity index (χ2v) is 8.01. The van der Waals surface area contributed by atoms with Gasteiger partial charge in [-0.05, 0) is 24.8 Å². The molecule has 0 aromatic heterocycles. The van der Waals surface area contributed by atoms with E-state index in [4.69, 9.17) is 13.6 Å². The highest BCUT2D eigenvalue weighted by molar-refractivity contribution is 7.49. The maximum atomic E-state index is 13.7. The van der Waals surface area contributed by atoms with Gasteiger partial charge in [0, 0.05) is 13.1 Å². The van der Waals surface area contributed by atoms with Gasteiger partial charge in [-0.1, -0.05) is 44.2 Å². The lowest BCUT2D eigenvalue weighted by Crippen LogP contribution is -2.65. The summed E-state index contributed by atoms with van der Waals surface area (Å²) in [6, 6.07) is 9.62. The Bertz CT molecular complexity index is 694. The minimum Gasteiger partial charge on any atom is -0.291 e. The number of carbonyl (C=O) groups is 1. The molecule has 5 rings (SSSR count). The number of likely N-dealkylation sites (N-methyl/N-ethyl adjacent to an activating group) is 1. The maximum Gasteiger partial charge on any atom is 0.483 e. The number of phosphoric acid groups is 1. The maximum absolute atomic E-state index is 13.7. The molecule has 2 bridgehead atoms. The van der Waals surface area contributed by atoms with Crippen LogP contribution in [0.4, 0.5) is 0 Å².